The third-order valence-corrected chi connectivity index (χ3v) is 3.55. The minimum atomic E-state index is 0.676. The van der Waals surface area contributed by atoms with Crippen LogP contribution >= 0.6 is 0 Å². The van der Waals surface area contributed by atoms with Crippen molar-refractivity contribution in [3.05, 3.63) is 23.3 Å². The highest BCUT2D eigenvalue weighted by Crippen LogP contribution is 2.34. The van der Waals surface area contributed by atoms with Crippen molar-refractivity contribution >= 4 is 0 Å². The lowest BCUT2D eigenvalue weighted by molar-refractivity contribution is 0.367. The Kier molecular flexibility index (Phi) is 3.07. The highest BCUT2D eigenvalue weighted by atomic mass is 14.9. The van der Waals surface area contributed by atoms with Gasteiger partial charge < -0.3 is 5.32 Å². The summed E-state index contributed by atoms with van der Waals surface area (Å²) in [5, 5.41) is 3.58. The first-order valence-corrected chi connectivity index (χ1v) is 5.94. The van der Waals surface area contributed by atoms with Gasteiger partial charge in [0.1, 0.15) is 0 Å². The molecule has 0 bridgehead atoms. The van der Waals surface area contributed by atoms with Gasteiger partial charge in [-0.25, -0.2) is 0 Å². The fourth-order valence-corrected chi connectivity index (χ4v) is 2.79. The molecule has 2 unspecified atom stereocenters. The summed E-state index contributed by atoms with van der Waals surface area (Å²) in [5.41, 5.74) is 3.39. The maximum Gasteiger partial charge on any atom is 0.0107 e. The fourth-order valence-electron chi connectivity index (χ4n) is 2.79. The largest absolute Gasteiger partial charge is 0.313 e. The Bertz CT molecular complexity index is 262. The van der Waals surface area contributed by atoms with Crippen LogP contribution in [0.1, 0.15) is 39.5 Å². The van der Waals surface area contributed by atoms with Crippen LogP contribution < -0.4 is 5.32 Å². The van der Waals surface area contributed by atoms with E-state index >= 15 is 0 Å². The molecule has 1 N–H and O–H groups in total. The van der Waals surface area contributed by atoms with Gasteiger partial charge in [0.05, 0.1) is 0 Å². The number of nitrogens with one attached hydrogen (secondary N) is 1. The third-order valence-electron chi connectivity index (χ3n) is 3.55. The molecule has 2 atom stereocenters. The maximum atomic E-state index is 3.58. The summed E-state index contributed by atoms with van der Waals surface area (Å²) in [6.07, 6.45) is 9.80. The maximum absolute atomic E-state index is 3.58. The van der Waals surface area contributed by atoms with Gasteiger partial charge in [0.2, 0.25) is 0 Å². The molecule has 14 heavy (non-hydrogen) atoms. The molecule has 2 rings (SSSR count). The predicted molar refractivity (Wildman–Crippen MR) is 61.3 cm³/mol. The van der Waals surface area contributed by atoms with Gasteiger partial charge in [0, 0.05) is 6.04 Å². The highest BCUT2D eigenvalue weighted by molar-refractivity contribution is 5.33. The molecule has 0 amide bonds. The van der Waals surface area contributed by atoms with Crippen molar-refractivity contribution < 1.29 is 0 Å². The molecule has 1 saturated heterocycles. The number of allylic oxidation sites excluding steroid dienone is 3. The molecule has 1 fully saturated rings. The number of hydrogen-bond donors (Lipinski definition) is 1. The van der Waals surface area contributed by atoms with E-state index in [2.05, 4.69) is 31.3 Å². The van der Waals surface area contributed by atoms with E-state index in [1.165, 1.54) is 32.2 Å². The lowest BCUT2D eigenvalue weighted by atomic mass is 9.78. The van der Waals surface area contributed by atoms with Crippen molar-refractivity contribution in [2.24, 2.45) is 5.92 Å². The van der Waals surface area contributed by atoms with E-state index in [-0.39, 0.29) is 0 Å². The summed E-state index contributed by atoms with van der Waals surface area (Å²) in [5.74, 6) is 0.787. The van der Waals surface area contributed by atoms with Crippen LogP contribution in [0.4, 0.5) is 0 Å². The molecule has 0 aromatic heterocycles. The number of piperidine rings is 1. The van der Waals surface area contributed by atoms with Crippen LogP contribution in [0.2, 0.25) is 0 Å². The van der Waals surface area contributed by atoms with Gasteiger partial charge in [-0.2, -0.15) is 0 Å². The molecule has 1 aliphatic carbocycles. The predicted octanol–water partition coefficient (Wildman–Crippen LogP) is 3.04. The van der Waals surface area contributed by atoms with Gasteiger partial charge >= 0.3 is 0 Å². The zero-order valence-electron chi connectivity index (χ0n) is 9.34. The fraction of sp³-hybridized carbons (Fsp3) is 0.692. The molecule has 1 aliphatic heterocycles. The quantitative estimate of drug-likeness (QED) is 0.707. The normalized spacial score (nSPS) is 31.9. The van der Waals surface area contributed by atoms with E-state index in [1.807, 2.05) is 0 Å². The van der Waals surface area contributed by atoms with Crippen molar-refractivity contribution in [1.29, 1.82) is 0 Å². The van der Waals surface area contributed by atoms with Crippen molar-refractivity contribution in [3.8, 4) is 0 Å². The molecule has 0 spiro atoms. The minimum Gasteiger partial charge on any atom is -0.313 e. The van der Waals surface area contributed by atoms with Crippen LogP contribution in [0.3, 0.4) is 0 Å². The SMILES string of the molecule is CCCC1=C2CCNC(C)C2CC=C1. The van der Waals surface area contributed by atoms with Gasteiger partial charge in [0.25, 0.3) is 0 Å². The lowest BCUT2D eigenvalue weighted by Crippen LogP contribution is -2.41. The van der Waals surface area contributed by atoms with Gasteiger partial charge in [-0.3, -0.25) is 0 Å². The first-order valence-electron chi connectivity index (χ1n) is 5.94. The molecule has 1 heteroatoms. The van der Waals surface area contributed by atoms with Gasteiger partial charge in [-0.05, 0) is 44.2 Å². The average molecular weight is 191 g/mol. The molecule has 0 aromatic rings. The first-order chi connectivity index (χ1) is 6.83. The van der Waals surface area contributed by atoms with E-state index in [0.29, 0.717) is 6.04 Å². The van der Waals surface area contributed by atoms with Crippen LogP contribution in [-0.4, -0.2) is 12.6 Å². The van der Waals surface area contributed by atoms with Crippen molar-refractivity contribution in [2.45, 2.75) is 45.6 Å². The average Bonchev–Trinajstić information content (AvgIpc) is 2.20. The number of rotatable bonds is 2. The third kappa shape index (κ3) is 1.78. The van der Waals surface area contributed by atoms with Crippen LogP contribution in [0.15, 0.2) is 23.3 Å². The summed E-state index contributed by atoms with van der Waals surface area (Å²) in [6, 6.07) is 0.676. The Morgan fingerprint density at radius 3 is 3.14 bits per heavy atom. The first kappa shape index (κ1) is 9.97. The monoisotopic (exact) mass is 191 g/mol. The van der Waals surface area contributed by atoms with E-state index < -0.39 is 0 Å². The summed E-state index contributed by atoms with van der Waals surface area (Å²) in [6.45, 7) is 5.77. The topological polar surface area (TPSA) is 12.0 Å². The summed E-state index contributed by atoms with van der Waals surface area (Å²) in [7, 11) is 0. The zero-order valence-corrected chi connectivity index (χ0v) is 9.34. The summed E-state index contributed by atoms with van der Waals surface area (Å²) >= 11 is 0. The van der Waals surface area contributed by atoms with Crippen LogP contribution in [0.5, 0.6) is 0 Å². The van der Waals surface area contributed by atoms with E-state index in [0.717, 1.165) is 5.92 Å². The Labute approximate surface area is 87.3 Å². The standard InChI is InChI=1S/C13H21N/c1-3-5-11-6-4-7-12-10(2)14-9-8-13(11)12/h4,6,10,12,14H,3,5,7-9H2,1-2H3. The number of hydrogen-bond acceptors (Lipinski definition) is 1. The molecular formula is C13H21N. The molecule has 2 aliphatic rings. The Morgan fingerprint density at radius 2 is 2.36 bits per heavy atom. The second-order valence-electron chi connectivity index (χ2n) is 4.54. The van der Waals surface area contributed by atoms with Crippen molar-refractivity contribution in [1.82, 2.24) is 5.32 Å². The molecule has 1 nitrogen and oxygen atoms in total. The molecular weight excluding hydrogens is 170 g/mol. The van der Waals surface area contributed by atoms with Crippen molar-refractivity contribution in [3.63, 3.8) is 0 Å². The Morgan fingerprint density at radius 1 is 1.50 bits per heavy atom. The zero-order chi connectivity index (χ0) is 9.97. The van der Waals surface area contributed by atoms with Gasteiger partial charge in [-0.1, -0.05) is 31.1 Å². The molecule has 78 valence electrons. The van der Waals surface area contributed by atoms with E-state index in [4.69, 9.17) is 0 Å². The van der Waals surface area contributed by atoms with Gasteiger partial charge in [-0.15, -0.1) is 0 Å². The van der Waals surface area contributed by atoms with Crippen molar-refractivity contribution in [2.75, 3.05) is 6.54 Å². The van der Waals surface area contributed by atoms with E-state index in [9.17, 15) is 0 Å². The van der Waals surface area contributed by atoms with Crippen LogP contribution in [0.25, 0.3) is 0 Å². The highest BCUT2D eigenvalue weighted by Gasteiger charge is 2.27. The number of fused-ring (bicyclic) bond motifs is 1. The molecule has 1 heterocycles. The second-order valence-corrected chi connectivity index (χ2v) is 4.54. The minimum absolute atomic E-state index is 0.676. The van der Waals surface area contributed by atoms with E-state index in [1.54, 1.807) is 11.1 Å². The molecule has 0 aromatic carbocycles. The second kappa shape index (κ2) is 4.31. The summed E-state index contributed by atoms with van der Waals surface area (Å²) < 4.78 is 0. The summed E-state index contributed by atoms with van der Waals surface area (Å²) in [4.78, 5) is 0. The van der Waals surface area contributed by atoms with Gasteiger partial charge in [0.15, 0.2) is 0 Å². The van der Waals surface area contributed by atoms with Crippen LogP contribution in [-0.2, 0) is 0 Å². The molecule has 0 saturated carbocycles. The smallest absolute Gasteiger partial charge is 0.0107 e. The van der Waals surface area contributed by atoms with Crippen LogP contribution in [0, 0.1) is 5.92 Å². The Balaban J connectivity index is 2.22. The molecule has 0 radical (unpaired) electrons. The lowest BCUT2D eigenvalue weighted by Gasteiger charge is -2.35. The Hall–Kier alpha value is -0.560.